The van der Waals surface area contributed by atoms with Gasteiger partial charge < -0.3 is 24.7 Å². The quantitative estimate of drug-likeness (QED) is 0.747. The Hall–Kier alpha value is -1.83. The molecule has 2 N–H and O–H groups in total. The molecule has 8 nitrogen and oxygen atoms in total. The Balaban J connectivity index is 2.20. The molecular weight excluding hydrogens is 316 g/mol. The number of aliphatic hydroxyl groups excluding tert-OH is 1. The van der Waals surface area contributed by atoms with Gasteiger partial charge in [0, 0.05) is 0 Å². The molecule has 8 heteroatoms. The fraction of sp³-hybridized carbons (Fsp3) is 0.812. The molecule has 2 rings (SSSR count). The molecule has 1 aliphatic heterocycles. The second-order valence-corrected chi connectivity index (χ2v) is 7.16. The molecule has 0 bridgehead atoms. The summed E-state index contributed by atoms with van der Waals surface area (Å²) in [5, 5.41) is 17.0. The molecule has 0 aromatic rings. The molecule has 1 heterocycles. The van der Waals surface area contributed by atoms with Crippen LogP contribution in [0.1, 0.15) is 41.0 Å². The summed E-state index contributed by atoms with van der Waals surface area (Å²) in [4.78, 5) is 29.8. The van der Waals surface area contributed by atoms with Crippen LogP contribution in [0.15, 0.2) is 5.16 Å². The Kier molecular flexibility index (Phi) is 5.37. The van der Waals surface area contributed by atoms with E-state index in [0.717, 1.165) is 0 Å². The molecule has 0 spiro atoms. The van der Waals surface area contributed by atoms with Crippen molar-refractivity contribution in [3.63, 3.8) is 0 Å². The fourth-order valence-electron chi connectivity index (χ4n) is 3.20. The van der Waals surface area contributed by atoms with Crippen LogP contribution in [0.3, 0.4) is 0 Å². The van der Waals surface area contributed by atoms with E-state index < -0.39 is 41.8 Å². The zero-order valence-corrected chi connectivity index (χ0v) is 14.7. The molecular formula is C16H26N2O6. The first kappa shape index (κ1) is 18.5. The van der Waals surface area contributed by atoms with Crippen molar-refractivity contribution in [3.05, 3.63) is 0 Å². The SMILES string of the molecule is CCOC(=O)[C@H]1C[C@H](O)[C@@H]2C(C)=NO[C@@H]2[C@@H]1NC(=O)OC(C)(C)C. The highest BCUT2D eigenvalue weighted by atomic mass is 16.6. The number of esters is 1. The van der Waals surface area contributed by atoms with Crippen LogP contribution in [0.5, 0.6) is 0 Å². The third-order valence-electron chi connectivity index (χ3n) is 4.12. The van der Waals surface area contributed by atoms with Gasteiger partial charge >= 0.3 is 12.1 Å². The van der Waals surface area contributed by atoms with Gasteiger partial charge in [-0.2, -0.15) is 0 Å². The summed E-state index contributed by atoms with van der Waals surface area (Å²) < 4.78 is 10.4. The average molecular weight is 342 g/mol. The van der Waals surface area contributed by atoms with Gasteiger partial charge in [-0.3, -0.25) is 4.79 Å². The highest BCUT2D eigenvalue weighted by Crippen LogP contribution is 2.37. The Labute approximate surface area is 141 Å². The first-order chi connectivity index (χ1) is 11.1. The lowest BCUT2D eigenvalue weighted by Gasteiger charge is -2.40. The Morgan fingerprint density at radius 1 is 1.42 bits per heavy atom. The van der Waals surface area contributed by atoms with Crippen molar-refractivity contribution in [2.45, 2.75) is 64.9 Å². The van der Waals surface area contributed by atoms with Gasteiger partial charge in [0.25, 0.3) is 0 Å². The molecule has 1 fully saturated rings. The summed E-state index contributed by atoms with van der Waals surface area (Å²) in [5.41, 5.74) is -0.0224. The first-order valence-corrected chi connectivity index (χ1v) is 8.18. The summed E-state index contributed by atoms with van der Waals surface area (Å²) in [6.07, 6.45) is -1.90. The maximum absolute atomic E-state index is 12.3. The fourth-order valence-corrected chi connectivity index (χ4v) is 3.20. The van der Waals surface area contributed by atoms with Crippen molar-refractivity contribution in [2.75, 3.05) is 6.61 Å². The number of nitrogens with one attached hydrogen (secondary N) is 1. The summed E-state index contributed by atoms with van der Waals surface area (Å²) in [6, 6.07) is -0.687. The molecule has 1 saturated carbocycles. The minimum atomic E-state index is -0.785. The predicted molar refractivity (Wildman–Crippen MR) is 85.4 cm³/mol. The minimum Gasteiger partial charge on any atom is -0.466 e. The lowest BCUT2D eigenvalue weighted by Crippen LogP contribution is -2.60. The van der Waals surface area contributed by atoms with Gasteiger partial charge in [-0.15, -0.1) is 0 Å². The van der Waals surface area contributed by atoms with Gasteiger partial charge in [-0.25, -0.2) is 4.79 Å². The normalized spacial score (nSPS) is 32.2. The summed E-state index contributed by atoms with van der Waals surface area (Å²) in [5.74, 6) is -1.57. The molecule has 0 saturated heterocycles. The van der Waals surface area contributed by atoms with E-state index in [0.29, 0.717) is 5.71 Å². The molecule has 136 valence electrons. The standard InChI is InChI=1S/C16H26N2O6/c1-6-22-14(20)9-7-10(19)11-8(2)18-24-13(11)12(9)17-15(21)23-16(3,4)5/h9-13,19H,6-7H2,1-5H3,(H,17,21)/t9-,10-,11-,12+,13-/m0/s1. The number of rotatable bonds is 3. The summed E-state index contributed by atoms with van der Waals surface area (Å²) >= 11 is 0. The van der Waals surface area contributed by atoms with Crippen molar-refractivity contribution in [3.8, 4) is 0 Å². The number of hydrogen-bond acceptors (Lipinski definition) is 7. The third-order valence-corrected chi connectivity index (χ3v) is 4.12. The van der Waals surface area contributed by atoms with Crippen molar-refractivity contribution in [2.24, 2.45) is 17.0 Å². The number of amides is 1. The van der Waals surface area contributed by atoms with Gasteiger partial charge in [-0.05, 0) is 41.0 Å². The van der Waals surface area contributed by atoms with Crippen LogP contribution in [-0.4, -0.2) is 53.3 Å². The number of fused-ring (bicyclic) bond motifs is 1. The topological polar surface area (TPSA) is 106 Å². The van der Waals surface area contributed by atoms with E-state index in [1.54, 1.807) is 34.6 Å². The van der Waals surface area contributed by atoms with E-state index in [9.17, 15) is 14.7 Å². The number of hydrogen-bond donors (Lipinski definition) is 2. The number of alkyl carbamates (subject to hydrolysis) is 1. The number of aliphatic hydroxyl groups is 1. The molecule has 5 atom stereocenters. The average Bonchev–Trinajstić information content (AvgIpc) is 2.82. The zero-order valence-electron chi connectivity index (χ0n) is 14.7. The van der Waals surface area contributed by atoms with E-state index in [1.807, 2.05) is 0 Å². The second kappa shape index (κ2) is 6.96. The summed E-state index contributed by atoms with van der Waals surface area (Å²) in [7, 11) is 0. The van der Waals surface area contributed by atoms with E-state index in [1.165, 1.54) is 0 Å². The molecule has 1 amide bonds. The van der Waals surface area contributed by atoms with Crippen LogP contribution >= 0.6 is 0 Å². The zero-order chi connectivity index (χ0) is 18.1. The second-order valence-electron chi connectivity index (χ2n) is 7.16. The van der Waals surface area contributed by atoms with Crippen molar-refractivity contribution in [1.82, 2.24) is 5.32 Å². The van der Waals surface area contributed by atoms with Crippen LogP contribution in [-0.2, 0) is 19.1 Å². The van der Waals surface area contributed by atoms with E-state index in [2.05, 4.69) is 10.5 Å². The lowest BCUT2D eigenvalue weighted by atomic mass is 9.73. The molecule has 0 aromatic heterocycles. The maximum atomic E-state index is 12.3. The molecule has 1 aliphatic carbocycles. The van der Waals surface area contributed by atoms with Crippen LogP contribution in [0, 0.1) is 11.8 Å². The number of carbonyl (C=O) groups excluding carboxylic acids is 2. The number of carbonyl (C=O) groups is 2. The summed E-state index contributed by atoms with van der Waals surface area (Å²) in [6.45, 7) is 8.93. The first-order valence-electron chi connectivity index (χ1n) is 8.18. The molecule has 2 aliphatic rings. The van der Waals surface area contributed by atoms with E-state index >= 15 is 0 Å². The minimum absolute atomic E-state index is 0.163. The Morgan fingerprint density at radius 3 is 2.67 bits per heavy atom. The third kappa shape index (κ3) is 3.98. The highest BCUT2D eigenvalue weighted by molar-refractivity contribution is 5.87. The van der Waals surface area contributed by atoms with Crippen molar-refractivity contribution >= 4 is 17.8 Å². The van der Waals surface area contributed by atoms with Gasteiger partial charge in [0.2, 0.25) is 0 Å². The van der Waals surface area contributed by atoms with E-state index in [4.69, 9.17) is 14.3 Å². The van der Waals surface area contributed by atoms with Gasteiger partial charge in [0.1, 0.15) is 5.60 Å². The maximum Gasteiger partial charge on any atom is 0.408 e. The monoisotopic (exact) mass is 342 g/mol. The van der Waals surface area contributed by atoms with Gasteiger partial charge in [0.05, 0.1) is 36.3 Å². The highest BCUT2D eigenvalue weighted by Gasteiger charge is 2.53. The molecule has 0 aromatic carbocycles. The number of ether oxygens (including phenoxy) is 2. The molecule has 0 unspecified atom stereocenters. The predicted octanol–water partition coefficient (Wildman–Crippen LogP) is 1.21. The number of oxime groups is 1. The van der Waals surface area contributed by atoms with Gasteiger partial charge in [0.15, 0.2) is 6.10 Å². The molecule has 24 heavy (non-hydrogen) atoms. The van der Waals surface area contributed by atoms with Crippen molar-refractivity contribution in [1.29, 1.82) is 0 Å². The van der Waals surface area contributed by atoms with Crippen LogP contribution < -0.4 is 5.32 Å². The smallest absolute Gasteiger partial charge is 0.408 e. The Morgan fingerprint density at radius 2 is 2.08 bits per heavy atom. The lowest BCUT2D eigenvalue weighted by molar-refractivity contribution is -0.156. The largest absolute Gasteiger partial charge is 0.466 e. The number of nitrogens with zero attached hydrogens (tertiary/aromatic N) is 1. The van der Waals surface area contributed by atoms with Crippen LogP contribution in [0.2, 0.25) is 0 Å². The van der Waals surface area contributed by atoms with Crippen LogP contribution in [0.4, 0.5) is 4.79 Å². The van der Waals surface area contributed by atoms with E-state index in [-0.39, 0.29) is 18.9 Å². The Bertz CT molecular complexity index is 527. The van der Waals surface area contributed by atoms with Gasteiger partial charge in [-0.1, -0.05) is 5.16 Å². The van der Waals surface area contributed by atoms with Crippen LogP contribution in [0.25, 0.3) is 0 Å². The van der Waals surface area contributed by atoms with Crippen molar-refractivity contribution < 1.29 is 29.0 Å². The molecule has 0 radical (unpaired) electrons.